The van der Waals surface area contributed by atoms with Crippen molar-refractivity contribution < 1.29 is 5.11 Å². The van der Waals surface area contributed by atoms with Crippen LogP contribution < -0.4 is 5.32 Å². The second-order valence-electron chi connectivity index (χ2n) is 3.63. The van der Waals surface area contributed by atoms with Gasteiger partial charge in [-0.3, -0.25) is 0 Å². The minimum atomic E-state index is -0.242. The molecular formula is C12H11BrClN3O. The molecule has 0 aliphatic carbocycles. The smallest absolute Gasteiger partial charge is 0.224 e. The van der Waals surface area contributed by atoms with E-state index in [1.807, 2.05) is 30.3 Å². The van der Waals surface area contributed by atoms with Gasteiger partial charge in [0.2, 0.25) is 5.28 Å². The zero-order valence-corrected chi connectivity index (χ0v) is 11.7. The fraction of sp³-hybridized carbons (Fsp3) is 0.167. The number of benzene rings is 1. The normalized spacial score (nSPS) is 12.2. The molecule has 4 nitrogen and oxygen atoms in total. The summed E-state index contributed by atoms with van der Waals surface area (Å²) in [6, 6.07) is 9.39. The molecule has 1 unspecified atom stereocenters. The molecule has 1 aromatic heterocycles. The van der Waals surface area contributed by atoms with Gasteiger partial charge in [0, 0.05) is 6.20 Å². The zero-order valence-electron chi connectivity index (χ0n) is 9.35. The van der Waals surface area contributed by atoms with E-state index in [0.29, 0.717) is 10.3 Å². The first-order valence-electron chi connectivity index (χ1n) is 5.31. The molecule has 0 bridgehead atoms. The van der Waals surface area contributed by atoms with Crippen molar-refractivity contribution in [2.45, 2.75) is 6.04 Å². The number of aromatic nitrogens is 2. The summed E-state index contributed by atoms with van der Waals surface area (Å²) in [5, 5.41) is 12.7. The van der Waals surface area contributed by atoms with Gasteiger partial charge in [0.05, 0.1) is 17.1 Å². The van der Waals surface area contributed by atoms with E-state index in [1.54, 1.807) is 6.20 Å². The van der Waals surface area contributed by atoms with Gasteiger partial charge in [-0.25, -0.2) is 4.98 Å². The number of rotatable bonds is 4. The Morgan fingerprint density at radius 2 is 2.06 bits per heavy atom. The topological polar surface area (TPSA) is 58.0 Å². The quantitative estimate of drug-likeness (QED) is 0.847. The van der Waals surface area contributed by atoms with E-state index in [9.17, 15) is 5.11 Å². The monoisotopic (exact) mass is 327 g/mol. The van der Waals surface area contributed by atoms with E-state index < -0.39 is 0 Å². The lowest BCUT2D eigenvalue weighted by Crippen LogP contribution is -2.16. The summed E-state index contributed by atoms with van der Waals surface area (Å²) in [7, 11) is 0. The van der Waals surface area contributed by atoms with E-state index >= 15 is 0 Å². The van der Waals surface area contributed by atoms with Gasteiger partial charge in [0.25, 0.3) is 0 Å². The predicted molar refractivity (Wildman–Crippen MR) is 74.6 cm³/mol. The van der Waals surface area contributed by atoms with Crippen molar-refractivity contribution in [2.24, 2.45) is 0 Å². The average molecular weight is 329 g/mol. The van der Waals surface area contributed by atoms with Crippen LogP contribution in [0.25, 0.3) is 0 Å². The molecule has 1 heterocycles. The molecular weight excluding hydrogens is 318 g/mol. The maximum absolute atomic E-state index is 9.45. The molecule has 0 saturated carbocycles. The van der Waals surface area contributed by atoms with Crippen LogP contribution in [0.15, 0.2) is 41.0 Å². The Morgan fingerprint density at radius 1 is 1.33 bits per heavy atom. The zero-order chi connectivity index (χ0) is 13.0. The van der Waals surface area contributed by atoms with E-state index in [1.165, 1.54) is 0 Å². The lowest BCUT2D eigenvalue weighted by molar-refractivity contribution is 0.276. The summed E-state index contributed by atoms with van der Waals surface area (Å²) in [6.07, 6.45) is 1.57. The van der Waals surface area contributed by atoms with Gasteiger partial charge in [0.1, 0.15) is 5.82 Å². The Kier molecular flexibility index (Phi) is 4.52. The van der Waals surface area contributed by atoms with Crippen molar-refractivity contribution >= 4 is 33.3 Å². The largest absolute Gasteiger partial charge is 0.394 e. The molecule has 0 aliphatic rings. The summed E-state index contributed by atoms with van der Waals surface area (Å²) in [5.74, 6) is 0.554. The lowest BCUT2D eigenvalue weighted by atomic mass is 10.1. The standard InChI is InChI=1S/C12H11BrClN3O/c13-9-6-15-12(14)17-11(9)16-10(7-18)8-4-2-1-3-5-8/h1-6,10,18H,7H2,(H,15,16,17). The molecule has 2 N–H and O–H groups in total. The van der Waals surface area contributed by atoms with Crippen molar-refractivity contribution in [3.63, 3.8) is 0 Å². The summed E-state index contributed by atoms with van der Waals surface area (Å²) >= 11 is 9.08. The summed E-state index contributed by atoms with van der Waals surface area (Å²) < 4.78 is 0.696. The van der Waals surface area contributed by atoms with Crippen LogP contribution in [-0.4, -0.2) is 21.7 Å². The first-order chi connectivity index (χ1) is 8.70. The second-order valence-corrected chi connectivity index (χ2v) is 4.82. The molecule has 0 amide bonds. The molecule has 94 valence electrons. The highest BCUT2D eigenvalue weighted by molar-refractivity contribution is 9.10. The van der Waals surface area contributed by atoms with Crippen molar-refractivity contribution in [2.75, 3.05) is 11.9 Å². The van der Waals surface area contributed by atoms with Crippen LogP contribution in [0.2, 0.25) is 5.28 Å². The summed E-state index contributed by atoms with van der Waals surface area (Å²) in [5.41, 5.74) is 0.974. The first kappa shape index (κ1) is 13.3. The second kappa shape index (κ2) is 6.13. The van der Waals surface area contributed by atoms with Crippen molar-refractivity contribution in [3.05, 3.63) is 51.8 Å². The van der Waals surface area contributed by atoms with E-state index in [2.05, 4.69) is 31.2 Å². The van der Waals surface area contributed by atoms with Crippen LogP contribution >= 0.6 is 27.5 Å². The molecule has 2 aromatic rings. The van der Waals surface area contributed by atoms with Crippen LogP contribution in [0.5, 0.6) is 0 Å². The van der Waals surface area contributed by atoms with Crippen LogP contribution in [0.1, 0.15) is 11.6 Å². The van der Waals surface area contributed by atoms with E-state index in [0.717, 1.165) is 5.56 Å². The van der Waals surface area contributed by atoms with Crippen LogP contribution in [-0.2, 0) is 0 Å². The number of aliphatic hydroxyl groups excluding tert-OH is 1. The fourth-order valence-corrected chi connectivity index (χ4v) is 1.97. The van der Waals surface area contributed by atoms with Crippen molar-refractivity contribution in [1.29, 1.82) is 0 Å². The number of halogens is 2. The van der Waals surface area contributed by atoms with Crippen LogP contribution in [0, 0.1) is 0 Å². The Morgan fingerprint density at radius 3 is 2.72 bits per heavy atom. The highest BCUT2D eigenvalue weighted by atomic mass is 79.9. The van der Waals surface area contributed by atoms with E-state index in [-0.39, 0.29) is 17.9 Å². The van der Waals surface area contributed by atoms with Gasteiger partial charge < -0.3 is 10.4 Å². The van der Waals surface area contributed by atoms with E-state index in [4.69, 9.17) is 11.6 Å². The highest BCUT2D eigenvalue weighted by Gasteiger charge is 2.13. The van der Waals surface area contributed by atoms with Gasteiger partial charge in [-0.05, 0) is 33.1 Å². The van der Waals surface area contributed by atoms with Gasteiger partial charge >= 0.3 is 0 Å². The number of nitrogens with zero attached hydrogens (tertiary/aromatic N) is 2. The number of nitrogens with one attached hydrogen (secondary N) is 1. The fourth-order valence-electron chi connectivity index (χ4n) is 1.53. The third kappa shape index (κ3) is 3.19. The Balaban J connectivity index is 2.23. The molecule has 1 atom stereocenters. The Bertz CT molecular complexity index is 524. The minimum Gasteiger partial charge on any atom is -0.394 e. The molecule has 0 radical (unpaired) electrons. The Labute approximate surface area is 118 Å². The molecule has 0 spiro atoms. The number of hydrogen-bond donors (Lipinski definition) is 2. The predicted octanol–water partition coefficient (Wildman–Crippen LogP) is 3.04. The molecule has 0 saturated heterocycles. The molecule has 1 aromatic carbocycles. The minimum absolute atomic E-state index is 0.0436. The molecule has 0 aliphatic heterocycles. The Hall–Kier alpha value is -1.17. The number of hydrogen-bond acceptors (Lipinski definition) is 4. The number of aliphatic hydroxyl groups is 1. The van der Waals surface area contributed by atoms with Crippen LogP contribution in [0.4, 0.5) is 5.82 Å². The highest BCUT2D eigenvalue weighted by Crippen LogP contribution is 2.25. The molecule has 18 heavy (non-hydrogen) atoms. The summed E-state index contributed by atoms with van der Waals surface area (Å²) in [6.45, 7) is -0.0436. The average Bonchev–Trinajstić information content (AvgIpc) is 2.41. The molecule has 6 heteroatoms. The van der Waals surface area contributed by atoms with Gasteiger partial charge in [-0.1, -0.05) is 30.3 Å². The van der Waals surface area contributed by atoms with Gasteiger partial charge in [0.15, 0.2) is 0 Å². The van der Waals surface area contributed by atoms with Crippen molar-refractivity contribution in [1.82, 2.24) is 9.97 Å². The SMILES string of the molecule is OCC(Nc1nc(Cl)ncc1Br)c1ccccc1. The van der Waals surface area contributed by atoms with Gasteiger partial charge in [-0.2, -0.15) is 4.98 Å². The summed E-state index contributed by atoms with van der Waals surface area (Å²) in [4.78, 5) is 7.92. The van der Waals surface area contributed by atoms with Gasteiger partial charge in [-0.15, -0.1) is 0 Å². The lowest BCUT2D eigenvalue weighted by Gasteiger charge is -2.18. The maximum Gasteiger partial charge on any atom is 0.224 e. The third-order valence-electron chi connectivity index (χ3n) is 2.41. The molecule has 2 rings (SSSR count). The third-order valence-corrected chi connectivity index (χ3v) is 3.17. The molecule has 0 fully saturated rings. The van der Waals surface area contributed by atoms with Crippen LogP contribution in [0.3, 0.4) is 0 Å². The van der Waals surface area contributed by atoms with Crippen molar-refractivity contribution in [3.8, 4) is 0 Å². The number of anilines is 1. The maximum atomic E-state index is 9.45. The first-order valence-corrected chi connectivity index (χ1v) is 6.48.